The predicted molar refractivity (Wildman–Crippen MR) is 156 cm³/mol. The molecule has 0 amide bonds. The number of aromatic amines is 1. The molecule has 0 spiro atoms. The largest absolute Gasteiger partial charge is 0.494 e. The van der Waals surface area contributed by atoms with Gasteiger partial charge in [-0.1, -0.05) is 6.07 Å². The van der Waals surface area contributed by atoms with Crippen LogP contribution in [0.15, 0.2) is 64.8 Å². The number of hydrogen-bond donors (Lipinski definition) is 2. The molecule has 1 saturated heterocycles. The molecule has 1 unspecified atom stereocenters. The van der Waals surface area contributed by atoms with Gasteiger partial charge in [-0.25, -0.2) is 9.09 Å². The summed E-state index contributed by atoms with van der Waals surface area (Å²) in [6.45, 7) is 6.51. The highest BCUT2D eigenvalue weighted by Crippen LogP contribution is 2.44. The number of pyridine rings is 1. The van der Waals surface area contributed by atoms with E-state index < -0.39 is 7.82 Å². The zero-order valence-electron chi connectivity index (χ0n) is 22.1. The highest BCUT2D eigenvalue weighted by Gasteiger charge is 2.36. The summed E-state index contributed by atoms with van der Waals surface area (Å²) in [4.78, 5) is 26.9. The number of rotatable bonds is 12. The molecule has 0 saturated carbocycles. The third-order valence-corrected chi connectivity index (χ3v) is 9.19. The highest BCUT2D eigenvalue weighted by molar-refractivity contribution is 7.47. The van der Waals surface area contributed by atoms with Crippen molar-refractivity contribution < 1.29 is 27.7 Å². The number of nitrogens with zero attached hydrogens (tertiary/aromatic N) is 2. The van der Waals surface area contributed by atoms with Gasteiger partial charge in [0.05, 0.1) is 51.5 Å². The lowest BCUT2D eigenvalue weighted by molar-refractivity contribution is -0.943. The number of anilines is 1. The van der Waals surface area contributed by atoms with Crippen LogP contribution in [0, 0.1) is 0 Å². The third kappa shape index (κ3) is 6.90. The number of hydrogen-bond acceptors (Lipinski definition) is 7. The molecule has 1 aliphatic rings. The van der Waals surface area contributed by atoms with Crippen LogP contribution in [-0.4, -0.2) is 67.0 Å². The fourth-order valence-electron chi connectivity index (χ4n) is 5.16. The van der Waals surface area contributed by atoms with Gasteiger partial charge in [-0.05, 0) is 66.9 Å². The van der Waals surface area contributed by atoms with Crippen LogP contribution in [0.3, 0.4) is 0 Å². The second-order valence-electron chi connectivity index (χ2n) is 9.88. The average molecular weight is 573 g/mol. The summed E-state index contributed by atoms with van der Waals surface area (Å²) in [5.74, 6) is 0.714. The van der Waals surface area contributed by atoms with Crippen molar-refractivity contribution in [3.05, 3.63) is 70.3 Å². The molecule has 11 heteroatoms. The topological polar surface area (TPSA) is 101 Å². The molecule has 5 rings (SSSR count). The molecule has 2 aromatic heterocycles. The monoisotopic (exact) mass is 572 g/mol. The fourth-order valence-corrected chi connectivity index (χ4v) is 6.75. The number of fused-ring (bicyclic) bond motifs is 2. The van der Waals surface area contributed by atoms with Crippen LogP contribution >= 0.6 is 19.2 Å². The van der Waals surface area contributed by atoms with Gasteiger partial charge in [0, 0.05) is 27.9 Å². The number of nitrogens with one attached hydrogen (secondary N) is 1. The van der Waals surface area contributed by atoms with Gasteiger partial charge in [0.25, 0.3) is 0 Å². The number of phosphoric ester groups is 1. The van der Waals surface area contributed by atoms with E-state index in [4.69, 9.17) is 13.8 Å². The van der Waals surface area contributed by atoms with Crippen LogP contribution in [0.4, 0.5) is 5.69 Å². The lowest BCUT2D eigenvalue weighted by atomic mass is 10.1. The van der Waals surface area contributed by atoms with Crippen molar-refractivity contribution in [1.82, 2.24) is 4.98 Å². The van der Waals surface area contributed by atoms with Crippen molar-refractivity contribution in [1.29, 1.82) is 0 Å². The minimum absolute atomic E-state index is 0.117. The average Bonchev–Trinajstić information content (AvgIpc) is 3.41. The van der Waals surface area contributed by atoms with Gasteiger partial charge in [-0.2, -0.15) is 0 Å². The van der Waals surface area contributed by atoms with Crippen LogP contribution in [0.1, 0.15) is 19.8 Å². The zero-order chi connectivity index (χ0) is 27.3. The van der Waals surface area contributed by atoms with Gasteiger partial charge in [-0.3, -0.25) is 13.8 Å². The van der Waals surface area contributed by atoms with Crippen molar-refractivity contribution >= 4 is 45.8 Å². The minimum Gasteiger partial charge on any atom is -0.494 e. The summed E-state index contributed by atoms with van der Waals surface area (Å²) in [6.07, 6.45) is 1.70. The third-order valence-electron chi connectivity index (χ3n) is 7.28. The Balaban J connectivity index is 1.19. The number of piperazine rings is 1. The SMILES string of the molecule is CCOP(=O)(O)OC[N+]1(CCCCOc2ccc3ccc(=O)[nH]c3c2)CCN(c2cccc3sccc23)CC1. The van der Waals surface area contributed by atoms with E-state index >= 15 is 0 Å². The van der Waals surface area contributed by atoms with Crippen LogP contribution in [-0.2, 0) is 13.6 Å². The predicted octanol–water partition coefficient (Wildman–Crippen LogP) is 5.35. The maximum atomic E-state index is 12.3. The molecule has 1 fully saturated rings. The van der Waals surface area contributed by atoms with Crippen LogP contribution in [0.5, 0.6) is 5.75 Å². The van der Waals surface area contributed by atoms with E-state index in [9.17, 15) is 14.3 Å². The van der Waals surface area contributed by atoms with Crippen molar-refractivity contribution in [3.63, 3.8) is 0 Å². The van der Waals surface area contributed by atoms with Gasteiger partial charge in [0.1, 0.15) is 5.75 Å². The summed E-state index contributed by atoms with van der Waals surface area (Å²) in [5.41, 5.74) is 1.85. The van der Waals surface area contributed by atoms with Crippen LogP contribution in [0.2, 0.25) is 0 Å². The van der Waals surface area contributed by atoms with E-state index in [1.165, 1.54) is 21.8 Å². The van der Waals surface area contributed by atoms with Gasteiger partial charge in [0.15, 0.2) is 6.73 Å². The molecular formula is C28H35N3O6PS+. The first-order chi connectivity index (χ1) is 18.9. The minimum atomic E-state index is -4.09. The van der Waals surface area contributed by atoms with E-state index in [1.54, 1.807) is 24.3 Å². The summed E-state index contributed by atoms with van der Waals surface area (Å²) >= 11 is 1.75. The second-order valence-corrected chi connectivity index (χ2v) is 12.3. The van der Waals surface area contributed by atoms with E-state index in [0.29, 0.717) is 16.8 Å². The highest BCUT2D eigenvalue weighted by atomic mass is 32.1. The Bertz CT molecular complexity index is 1510. The van der Waals surface area contributed by atoms with Crippen molar-refractivity contribution in [2.24, 2.45) is 0 Å². The Hall–Kier alpha value is -2.72. The molecule has 1 atom stereocenters. The molecule has 39 heavy (non-hydrogen) atoms. The number of aromatic nitrogens is 1. The van der Waals surface area contributed by atoms with Crippen molar-refractivity contribution in [3.8, 4) is 5.75 Å². The second kappa shape index (κ2) is 12.2. The lowest BCUT2D eigenvalue weighted by Gasteiger charge is -2.45. The molecule has 0 aliphatic carbocycles. The Labute approximate surface area is 231 Å². The first kappa shape index (κ1) is 27.8. The first-order valence-electron chi connectivity index (χ1n) is 13.3. The summed E-state index contributed by atoms with van der Waals surface area (Å²) in [7, 11) is -4.09. The molecule has 208 valence electrons. The lowest BCUT2D eigenvalue weighted by Crippen LogP contribution is -2.60. The number of benzene rings is 2. The number of phosphoric acid groups is 1. The number of unbranched alkanes of at least 4 members (excludes halogenated alkanes) is 1. The molecule has 1 aliphatic heterocycles. The molecule has 2 aromatic carbocycles. The molecule has 4 aromatic rings. The Morgan fingerprint density at radius 1 is 1.08 bits per heavy atom. The molecule has 2 N–H and O–H groups in total. The van der Waals surface area contributed by atoms with Gasteiger partial charge in [0.2, 0.25) is 5.56 Å². The zero-order valence-corrected chi connectivity index (χ0v) is 23.8. The Morgan fingerprint density at radius 3 is 2.72 bits per heavy atom. The molecule has 0 radical (unpaired) electrons. The maximum absolute atomic E-state index is 12.3. The number of ether oxygens (including phenoxy) is 1. The quantitative estimate of drug-likeness (QED) is 0.134. The molecular weight excluding hydrogens is 537 g/mol. The fraction of sp³-hybridized carbons (Fsp3) is 0.393. The first-order valence-corrected chi connectivity index (χ1v) is 15.7. The van der Waals surface area contributed by atoms with E-state index in [2.05, 4.69) is 39.5 Å². The van der Waals surface area contributed by atoms with Gasteiger partial charge in [-0.15, -0.1) is 11.3 Å². The van der Waals surface area contributed by atoms with Crippen molar-refractivity contribution in [2.75, 3.05) is 57.6 Å². The van der Waals surface area contributed by atoms with Gasteiger partial charge < -0.3 is 19.5 Å². The van der Waals surface area contributed by atoms with Crippen molar-refractivity contribution in [2.45, 2.75) is 19.8 Å². The number of quaternary nitrogens is 1. The summed E-state index contributed by atoms with van der Waals surface area (Å²) in [5, 5.41) is 4.35. The summed E-state index contributed by atoms with van der Waals surface area (Å²) < 4.78 is 30.5. The smallest absolute Gasteiger partial charge is 0.476 e. The molecule has 9 nitrogen and oxygen atoms in total. The van der Waals surface area contributed by atoms with Crippen LogP contribution < -0.4 is 15.2 Å². The standard InChI is InChI=1S/C28H34N3O6PS/c1-2-36-38(33,34)37-21-31(16-13-30(14-17-31)26-6-5-7-27-24(26)12-19-39-27)15-3-4-18-35-23-10-8-22-9-11-28(32)29-25(22)20-23/h5-12,19-20H,2-4,13-18,21H2,1H3,(H-,29,32,33,34)/p+1. The van der Waals surface area contributed by atoms with E-state index in [1.807, 2.05) is 18.2 Å². The van der Waals surface area contributed by atoms with Crippen LogP contribution in [0.25, 0.3) is 21.0 Å². The maximum Gasteiger partial charge on any atom is 0.476 e. The number of thiophene rings is 1. The normalized spacial score (nSPS) is 16.9. The van der Waals surface area contributed by atoms with E-state index in [-0.39, 0.29) is 18.9 Å². The molecule has 0 bridgehead atoms. The van der Waals surface area contributed by atoms with E-state index in [0.717, 1.165) is 56.5 Å². The summed E-state index contributed by atoms with van der Waals surface area (Å²) in [6, 6.07) is 17.6. The molecule has 3 heterocycles. The number of H-pyrrole nitrogens is 1. The van der Waals surface area contributed by atoms with Gasteiger partial charge >= 0.3 is 7.82 Å². The Kier molecular flexibility index (Phi) is 8.71. The Morgan fingerprint density at radius 2 is 1.90 bits per heavy atom.